The fourth-order valence-corrected chi connectivity index (χ4v) is 2.45. The van der Waals surface area contributed by atoms with E-state index in [9.17, 15) is 4.79 Å². The Hall–Kier alpha value is -2.34. The average Bonchev–Trinajstić information content (AvgIpc) is 3.02. The molecule has 0 unspecified atom stereocenters. The monoisotopic (exact) mass is 301 g/mol. The second kappa shape index (κ2) is 6.62. The molecular formula is C16H19N3O3. The van der Waals surface area contributed by atoms with Crippen LogP contribution >= 0.6 is 0 Å². The third-order valence-corrected chi connectivity index (χ3v) is 3.51. The van der Waals surface area contributed by atoms with E-state index in [0.717, 1.165) is 24.6 Å². The molecule has 0 atom stereocenters. The fourth-order valence-electron chi connectivity index (χ4n) is 2.45. The number of ether oxygens (including phenoxy) is 2. The molecule has 0 radical (unpaired) electrons. The largest absolute Gasteiger partial charge is 0.461 e. The second-order valence-corrected chi connectivity index (χ2v) is 4.96. The van der Waals surface area contributed by atoms with Gasteiger partial charge in [0.05, 0.1) is 25.5 Å². The first-order chi connectivity index (χ1) is 10.8. The van der Waals surface area contributed by atoms with Crippen molar-refractivity contribution in [3.8, 4) is 5.69 Å². The third kappa shape index (κ3) is 2.96. The Bertz CT molecular complexity index is 633. The van der Waals surface area contributed by atoms with Crippen LogP contribution in [0.4, 0.5) is 5.82 Å². The van der Waals surface area contributed by atoms with Gasteiger partial charge >= 0.3 is 5.97 Å². The van der Waals surface area contributed by atoms with Gasteiger partial charge in [-0.15, -0.1) is 0 Å². The molecule has 0 bridgehead atoms. The number of para-hydroxylation sites is 1. The van der Waals surface area contributed by atoms with Gasteiger partial charge in [-0.1, -0.05) is 18.2 Å². The number of aromatic nitrogens is 2. The summed E-state index contributed by atoms with van der Waals surface area (Å²) in [5, 5.41) is 4.43. The van der Waals surface area contributed by atoms with Crippen LogP contribution < -0.4 is 4.90 Å². The normalized spacial score (nSPS) is 14.9. The quantitative estimate of drug-likeness (QED) is 0.807. The molecule has 0 aliphatic carbocycles. The van der Waals surface area contributed by atoms with Crippen LogP contribution in [0, 0.1) is 0 Å². The lowest BCUT2D eigenvalue weighted by atomic mass is 10.3. The van der Waals surface area contributed by atoms with Crippen LogP contribution in [0.15, 0.2) is 36.4 Å². The number of carbonyl (C=O) groups excluding carboxylic acids is 1. The Balaban J connectivity index is 1.99. The average molecular weight is 301 g/mol. The highest BCUT2D eigenvalue weighted by molar-refractivity contribution is 5.88. The lowest BCUT2D eigenvalue weighted by Crippen LogP contribution is -2.37. The molecule has 1 aromatic heterocycles. The van der Waals surface area contributed by atoms with Crippen molar-refractivity contribution in [1.82, 2.24) is 9.78 Å². The molecule has 1 aromatic carbocycles. The number of esters is 1. The summed E-state index contributed by atoms with van der Waals surface area (Å²) in [6.45, 7) is 5.03. The minimum atomic E-state index is -0.397. The molecular weight excluding hydrogens is 282 g/mol. The SMILES string of the molecule is CCOC(=O)c1cc(N2CCOCC2)n(-c2ccccc2)n1. The van der Waals surface area contributed by atoms with E-state index in [1.807, 2.05) is 30.3 Å². The maximum atomic E-state index is 12.0. The number of benzene rings is 1. The van der Waals surface area contributed by atoms with Gasteiger partial charge in [-0.2, -0.15) is 5.10 Å². The van der Waals surface area contributed by atoms with Gasteiger partial charge in [0, 0.05) is 19.2 Å². The number of carbonyl (C=O) groups is 1. The topological polar surface area (TPSA) is 56.6 Å². The Kier molecular flexibility index (Phi) is 4.39. The van der Waals surface area contributed by atoms with Crippen LogP contribution in [0.2, 0.25) is 0 Å². The van der Waals surface area contributed by atoms with E-state index >= 15 is 0 Å². The van der Waals surface area contributed by atoms with Crippen molar-refractivity contribution in [2.45, 2.75) is 6.92 Å². The molecule has 1 aliphatic rings. The summed E-state index contributed by atoms with van der Waals surface area (Å²) in [7, 11) is 0. The number of rotatable bonds is 4. The van der Waals surface area contributed by atoms with Gasteiger partial charge < -0.3 is 14.4 Å². The van der Waals surface area contributed by atoms with Crippen molar-refractivity contribution >= 4 is 11.8 Å². The molecule has 2 heterocycles. The molecule has 22 heavy (non-hydrogen) atoms. The Morgan fingerprint density at radius 2 is 2.00 bits per heavy atom. The summed E-state index contributed by atoms with van der Waals surface area (Å²) < 4.78 is 12.2. The Morgan fingerprint density at radius 3 is 2.68 bits per heavy atom. The van der Waals surface area contributed by atoms with E-state index in [0.29, 0.717) is 25.5 Å². The van der Waals surface area contributed by atoms with Crippen LogP contribution in [0.25, 0.3) is 5.69 Å². The van der Waals surface area contributed by atoms with Crippen LogP contribution in [0.3, 0.4) is 0 Å². The van der Waals surface area contributed by atoms with Gasteiger partial charge in [0.15, 0.2) is 5.69 Å². The molecule has 1 saturated heterocycles. The van der Waals surface area contributed by atoms with Gasteiger partial charge in [-0.25, -0.2) is 9.48 Å². The van der Waals surface area contributed by atoms with E-state index in [2.05, 4.69) is 10.00 Å². The predicted molar refractivity (Wildman–Crippen MR) is 82.6 cm³/mol. The molecule has 6 nitrogen and oxygen atoms in total. The lowest BCUT2D eigenvalue weighted by Gasteiger charge is -2.28. The summed E-state index contributed by atoms with van der Waals surface area (Å²) in [6.07, 6.45) is 0. The smallest absolute Gasteiger partial charge is 0.358 e. The van der Waals surface area contributed by atoms with Gasteiger partial charge in [-0.3, -0.25) is 0 Å². The first kappa shape index (κ1) is 14.6. The molecule has 2 aromatic rings. The molecule has 3 rings (SSSR count). The first-order valence-corrected chi connectivity index (χ1v) is 7.45. The zero-order chi connectivity index (χ0) is 15.4. The fraction of sp³-hybridized carbons (Fsp3) is 0.375. The van der Waals surface area contributed by atoms with E-state index in [1.54, 1.807) is 17.7 Å². The summed E-state index contributed by atoms with van der Waals surface area (Å²) in [6, 6.07) is 11.6. The zero-order valence-corrected chi connectivity index (χ0v) is 12.6. The summed E-state index contributed by atoms with van der Waals surface area (Å²) in [5.41, 5.74) is 1.24. The van der Waals surface area contributed by atoms with Gasteiger partial charge in [-0.05, 0) is 19.1 Å². The maximum absolute atomic E-state index is 12.0. The molecule has 0 saturated carbocycles. The highest BCUT2D eigenvalue weighted by Gasteiger charge is 2.21. The number of anilines is 1. The van der Waals surface area contributed by atoms with Crippen molar-refractivity contribution in [3.63, 3.8) is 0 Å². The summed E-state index contributed by atoms with van der Waals surface area (Å²) >= 11 is 0. The first-order valence-electron chi connectivity index (χ1n) is 7.45. The van der Waals surface area contributed by atoms with Crippen molar-refractivity contribution in [1.29, 1.82) is 0 Å². The highest BCUT2D eigenvalue weighted by atomic mass is 16.5. The predicted octanol–water partition coefficient (Wildman–Crippen LogP) is 1.89. The molecule has 1 fully saturated rings. The number of nitrogens with zero attached hydrogens (tertiary/aromatic N) is 3. The van der Waals surface area contributed by atoms with E-state index in [-0.39, 0.29) is 0 Å². The van der Waals surface area contributed by atoms with Crippen molar-refractivity contribution in [2.75, 3.05) is 37.8 Å². The molecule has 0 spiro atoms. The minimum absolute atomic E-state index is 0.326. The van der Waals surface area contributed by atoms with Crippen molar-refractivity contribution < 1.29 is 14.3 Å². The minimum Gasteiger partial charge on any atom is -0.461 e. The van der Waals surface area contributed by atoms with Crippen molar-refractivity contribution in [3.05, 3.63) is 42.1 Å². The van der Waals surface area contributed by atoms with Crippen LogP contribution in [0.1, 0.15) is 17.4 Å². The van der Waals surface area contributed by atoms with Crippen LogP contribution in [0.5, 0.6) is 0 Å². The number of hydrogen-bond acceptors (Lipinski definition) is 5. The molecule has 0 amide bonds. The van der Waals surface area contributed by atoms with Gasteiger partial charge in [0.1, 0.15) is 5.82 Å². The summed E-state index contributed by atoms with van der Waals surface area (Å²) in [5.74, 6) is 0.490. The molecule has 0 N–H and O–H groups in total. The van der Waals surface area contributed by atoms with Gasteiger partial charge in [0.2, 0.25) is 0 Å². The zero-order valence-electron chi connectivity index (χ0n) is 12.6. The van der Waals surface area contributed by atoms with Crippen molar-refractivity contribution in [2.24, 2.45) is 0 Å². The summed E-state index contributed by atoms with van der Waals surface area (Å²) in [4.78, 5) is 14.2. The Morgan fingerprint density at radius 1 is 1.27 bits per heavy atom. The molecule has 116 valence electrons. The van der Waals surface area contributed by atoms with E-state index < -0.39 is 5.97 Å². The van der Waals surface area contributed by atoms with Crippen LogP contribution in [-0.4, -0.2) is 48.7 Å². The standard InChI is InChI=1S/C16H19N3O3/c1-2-22-16(20)14-12-15(18-8-10-21-11-9-18)19(17-14)13-6-4-3-5-7-13/h3-7,12H,2,8-11H2,1H3. The second-order valence-electron chi connectivity index (χ2n) is 4.96. The molecule has 6 heteroatoms. The molecule has 1 aliphatic heterocycles. The van der Waals surface area contributed by atoms with Crippen LogP contribution in [-0.2, 0) is 9.47 Å². The number of hydrogen-bond donors (Lipinski definition) is 0. The third-order valence-electron chi connectivity index (χ3n) is 3.51. The Labute approximate surface area is 129 Å². The van der Waals surface area contributed by atoms with E-state index in [1.165, 1.54) is 0 Å². The van der Waals surface area contributed by atoms with Gasteiger partial charge in [0.25, 0.3) is 0 Å². The lowest BCUT2D eigenvalue weighted by molar-refractivity contribution is 0.0519. The highest BCUT2D eigenvalue weighted by Crippen LogP contribution is 2.22. The maximum Gasteiger partial charge on any atom is 0.358 e. The number of morpholine rings is 1. The van der Waals surface area contributed by atoms with E-state index in [4.69, 9.17) is 9.47 Å².